The van der Waals surface area contributed by atoms with Gasteiger partial charge in [-0.25, -0.2) is 14.4 Å². The van der Waals surface area contributed by atoms with Crippen LogP contribution >= 0.6 is 0 Å². The number of fused-ring (bicyclic) bond motifs is 1. The maximum atomic E-state index is 15.2. The average molecular weight is 530 g/mol. The Morgan fingerprint density at radius 1 is 1.21 bits per heavy atom. The minimum absolute atomic E-state index is 0.00183. The molecule has 208 valence electrons. The molecule has 10 heteroatoms. The predicted octanol–water partition coefficient (Wildman–Crippen LogP) is 3.36. The van der Waals surface area contributed by atoms with Crippen LogP contribution in [0.3, 0.4) is 0 Å². The molecule has 1 aliphatic carbocycles. The van der Waals surface area contributed by atoms with E-state index in [1.165, 1.54) is 0 Å². The van der Waals surface area contributed by atoms with Gasteiger partial charge in [0.15, 0.2) is 18.0 Å². The number of aliphatic imine (C=N–C) groups is 2. The van der Waals surface area contributed by atoms with Crippen LogP contribution in [0.2, 0.25) is 0 Å². The summed E-state index contributed by atoms with van der Waals surface area (Å²) in [5.74, 6) is 1.56. The molecule has 38 heavy (non-hydrogen) atoms. The van der Waals surface area contributed by atoms with E-state index in [4.69, 9.17) is 10.8 Å². The minimum atomic E-state index is -2.46. The third kappa shape index (κ3) is 5.52. The molecule has 0 bridgehead atoms. The van der Waals surface area contributed by atoms with Gasteiger partial charge in [0.25, 0.3) is 0 Å². The van der Waals surface area contributed by atoms with Gasteiger partial charge in [-0.2, -0.15) is 0 Å². The van der Waals surface area contributed by atoms with Gasteiger partial charge in [0.1, 0.15) is 18.2 Å². The number of halogens is 1. The van der Waals surface area contributed by atoms with Crippen LogP contribution in [0.5, 0.6) is 0 Å². The zero-order chi connectivity index (χ0) is 28.0. The van der Waals surface area contributed by atoms with E-state index in [-0.39, 0.29) is 35.2 Å². The summed E-state index contributed by atoms with van der Waals surface area (Å²) in [6.07, 6.45) is 8.51. The van der Waals surface area contributed by atoms with E-state index in [9.17, 15) is 4.79 Å². The minimum Gasteiger partial charge on any atom is -0.481 e. The van der Waals surface area contributed by atoms with Crippen molar-refractivity contribution >= 4 is 18.6 Å². The lowest BCUT2D eigenvalue weighted by molar-refractivity contribution is -0.122. The summed E-state index contributed by atoms with van der Waals surface area (Å²) in [5.41, 5.74) is 0.548. The van der Waals surface area contributed by atoms with Crippen molar-refractivity contribution in [1.82, 2.24) is 20.4 Å². The largest absolute Gasteiger partial charge is 0.481 e. The number of rotatable bonds is 5. The number of nitrogens with zero attached hydrogens (tertiary/aromatic N) is 4. The van der Waals surface area contributed by atoms with Crippen molar-refractivity contribution in [1.29, 1.82) is 0 Å². The molecule has 4 atom stereocenters. The first-order chi connectivity index (χ1) is 18.4. The van der Waals surface area contributed by atoms with Crippen LogP contribution in [0.25, 0.3) is 0 Å². The van der Waals surface area contributed by atoms with Crippen molar-refractivity contribution in [2.24, 2.45) is 9.98 Å². The second-order valence-electron chi connectivity index (χ2n) is 12.1. The molecule has 2 N–H and O–H groups in total. The van der Waals surface area contributed by atoms with Gasteiger partial charge in [-0.05, 0) is 66.8 Å². The number of hydrogen-bond donors (Lipinski definition) is 2. The Labute approximate surface area is 226 Å². The summed E-state index contributed by atoms with van der Waals surface area (Å²) in [5, 5.41) is 6.47. The van der Waals surface area contributed by atoms with Crippen molar-refractivity contribution in [3.8, 4) is 0 Å². The first-order valence-corrected chi connectivity index (χ1v) is 13.6. The molecule has 4 heterocycles. The number of piperidine rings is 2. The van der Waals surface area contributed by atoms with Crippen LogP contribution in [0, 0.1) is 0 Å². The second-order valence-corrected chi connectivity index (χ2v) is 12.1. The van der Waals surface area contributed by atoms with Crippen LogP contribution in [0.4, 0.5) is 4.39 Å². The standard InChI is InChI=1S/C28H41FN6O3/c1-27(2)13-19(14-28(3,4)34(27)5)31-25-20(29)15-30-26(33-25)32-18-9-10-22-23(12-18)37-16-24(38-22)21-8-6-7-11-35(21)17-36/h9,12,15-17,19-22,25,31H,6-8,10-11,13-14H2,1-5H3,(H,32,33)/i20D. The lowest BCUT2D eigenvalue weighted by Gasteiger charge is -2.54. The topological polar surface area (TPSA) is 90.8 Å². The predicted molar refractivity (Wildman–Crippen MR) is 145 cm³/mol. The van der Waals surface area contributed by atoms with Crippen LogP contribution in [0.1, 0.15) is 67.6 Å². The molecule has 1 amide bonds. The van der Waals surface area contributed by atoms with Crippen molar-refractivity contribution < 1.29 is 20.0 Å². The number of ether oxygens (including phenoxy) is 2. The molecule has 2 fully saturated rings. The first kappa shape index (κ1) is 25.6. The lowest BCUT2D eigenvalue weighted by atomic mass is 9.77. The molecule has 0 spiro atoms. The van der Waals surface area contributed by atoms with Gasteiger partial charge in [0, 0.05) is 48.1 Å². The van der Waals surface area contributed by atoms with Gasteiger partial charge in [0.05, 0.1) is 7.41 Å². The Bertz CT molecular complexity index is 1110. The molecule has 5 aliphatic rings. The summed E-state index contributed by atoms with van der Waals surface area (Å²) in [6, 6.07) is -0.0961. The molecule has 5 rings (SSSR count). The lowest BCUT2D eigenvalue weighted by Crippen LogP contribution is -2.63. The van der Waals surface area contributed by atoms with E-state index in [1.54, 1.807) is 11.2 Å². The summed E-state index contributed by atoms with van der Waals surface area (Å²) in [4.78, 5) is 24.2. The van der Waals surface area contributed by atoms with Crippen molar-refractivity contribution in [3.05, 3.63) is 35.6 Å². The van der Waals surface area contributed by atoms with E-state index < -0.39 is 12.3 Å². The summed E-state index contributed by atoms with van der Waals surface area (Å²) >= 11 is 0. The number of likely N-dealkylation sites (tertiary alicyclic amines) is 2. The zero-order valence-corrected chi connectivity index (χ0v) is 23.0. The number of amides is 1. The van der Waals surface area contributed by atoms with Crippen molar-refractivity contribution in [3.63, 3.8) is 0 Å². The fourth-order valence-corrected chi connectivity index (χ4v) is 6.25. The molecule has 0 radical (unpaired) electrons. The highest BCUT2D eigenvalue weighted by Crippen LogP contribution is 2.37. The van der Waals surface area contributed by atoms with E-state index >= 15 is 4.39 Å². The maximum Gasteiger partial charge on any atom is 0.223 e. The highest BCUT2D eigenvalue weighted by atomic mass is 19.1. The van der Waals surface area contributed by atoms with Crippen LogP contribution in [-0.2, 0) is 14.3 Å². The highest BCUT2D eigenvalue weighted by molar-refractivity contribution is 5.92. The molecule has 4 unspecified atom stereocenters. The average Bonchev–Trinajstić information content (AvgIpc) is 2.88. The van der Waals surface area contributed by atoms with Crippen LogP contribution < -0.4 is 10.6 Å². The first-order valence-electron chi connectivity index (χ1n) is 14.1. The molecule has 0 aromatic rings. The Morgan fingerprint density at radius 3 is 2.71 bits per heavy atom. The Balaban J connectivity index is 1.25. The zero-order valence-electron chi connectivity index (χ0n) is 24.0. The summed E-state index contributed by atoms with van der Waals surface area (Å²) in [7, 11) is 2.12. The Kier molecular flexibility index (Phi) is 7.03. The van der Waals surface area contributed by atoms with Crippen molar-refractivity contribution in [2.45, 2.75) is 108 Å². The molecule has 4 aliphatic heterocycles. The quantitative estimate of drug-likeness (QED) is 0.531. The van der Waals surface area contributed by atoms with Gasteiger partial charge in [-0.15, -0.1) is 0 Å². The van der Waals surface area contributed by atoms with Gasteiger partial charge < -0.3 is 19.7 Å². The van der Waals surface area contributed by atoms with E-state index in [1.807, 2.05) is 12.2 Å². The van der Waals surface area contributed by atoms with E-state index in [0.29, 0.717) is 23.6 Å². The molecule has 9 nitrogen and oxygen atoms in total. The molecule has 0 aromatic heterocycles. The maximum absolute atomic E-state index is 15.2. The van der Waals surface area contributed by atoms with Gasteiger partial charge in [-0.1, -0.05) is 6.08 Å². The third-order valence-electron chi connectivity index (χ3n) is 8.54. The summed E-state index contributed by atoms with van der Waals surface area (Å²) < 4.78 is 35.5. The fraction of sp³-hybridized carbons (Fsp3) is 0.679. The Morgan fingerprint density at radius 2 is 1.97 bits per heavy atom. The Hall–Kier alpha value is -2.72. The number of carbonyl (C=O) groups is 1. The number of allylic oxidation sites excluding steroid dienone is 1. The fourth-order valence-electron chi connectivity index (χ4n) is 6.25. The number of alkyl halides is 1. The molecule has 0 saturated carbocycles. The molecular formula is C28H41FN6O3. The van der Waals surface area contributed by atoms with E-state index in [0.717, 1.165) is 51.3 Å². The van der Waals surface area contributed by atoms with Gasteiger partial charge >= 0.3 is 0 Å². The number of carbonyl (C=O) groups excluding carboxylic acids is 1. The second kappa shape index (κ2) is 10.4. The highest BCUT2D eigenvalue weighted by Gasteiger charge is 2.44. The number of hydrogen-bond acceptors (Lipinski definition) is 8. The van der Waals surface area contributed by atoms with Crippen LogP contribution in [-0.4, -0.2) is 83.6 Å². The third-order valence-corrected chi connectivity index (χ3v) is 8.54. The van der Waals surface area contributed by atoms with E-state index in [2.05, 4.69) is 60.3 Å². The molecule has 2 saturated heterocycles. The van der Waals surface area contributed by atoms with Crippen LogP contribution in [0.15, 0.2) is 45.6 Å². The van der Waals surface area contributed by atoms with Gasteiger partial charge in [0.2, 0.25) is 12.4 Å². The monoisotopic (exact) mass is 529 g/mol. The SMILES string of the molecule is [2H]C1(F)C=NC(NC2=CCC3OC(C4CCCCN4C=O)=COC3=C2)=NC1NC1CC(C)(C)N(C)C(C)(C)C1. The smallest absolute Gasteiger partial charge is 0.223 e. The van der Waals surface area contributed by atoms with Gasteiger partial charge in [-0.3, -0.25) is 15.0 Å². The summed E-state index contributed by atoms with van der Waals surface area (Å²) in [6.45, 7) is 9.46. The molecular weight excluding hydrogens is 487 g/mol. The number of nitrogens with one attached hydrogen (secondary N) is 2. The van der Waals surface area contributed by atoms with Crippen molar-refractivity contribution in [2.75, 3.05) is 13.6 Å². The normalized spacial score (nSPS) is 35.4. The number of guanidine groups is 1. The molecule has 0 aromatic carbocycles.